The van der Waals surface area contributed by atoms with Crippen molar-refractivity contribution < 1.29 is 18.7 Å². The Morgan fingerprint density at radius 3 is 2.33 bits per heavy atom. The highest BCUT2D eigenvalue weighted by Gasteiger charge is 2.21. The maximum Gasteiger partial charge on any atom is 0.328 e. The Morgan fingerprint density at radius 2 is 1.71 bits per heavy atom. The molecular weight excluding hydrogens is 309 g/mol. The van der Waals surface area contributed by atoms with Gasteiger partial charge in [0.25, 0.3) is 0 Å². The zero-order valence-corrected chi connectivity index (χ0v) is 13.5. The summed E-state index contributed by atoms with van der Waals surface area (Å²) in [6, 6.07) is 14.7. The molecule has 0 fully saturated rings. The first-order chi connectivity index (χ1) is 11.6. The average molecular weight is 329 g/mol. The van der Waals surface area contributed by atoms with Gasteiger partial charge in [-0.2, -0.15) is 0 Å². The van der Waals surface area contributed by atoms with Gasteiger partial charge in [0, 0.05) is 12.8 Å². The van der Waals surface area contributed by atoms with E-state index < -0.39 is 12.0 Å². The topological polar surface area (TPSA) is 55.4 Å². The Bertz CT molecular complexity index is 671. The third-order valence-corrected chi connectivity index (χ3v) is 3.66. The van der Waals surface area contributed by atoms with Crippen LogP contribution in [-0.2, 0) is 27.2 Å². The first kappa shape index (κ1) is 17.7. The van der Waals surface area contributed by atoms with Gasteiger partial charge in [-0.25, -0.2) is 9.18 Å². The van der Waals surface area contributed by atoms with E-state index in [1.807, 2.05) is 30.3 Å². The van der Waals surface area contributed by atoms with Gasteiger partial charge >= 0.3 is 5.97 Å². The molecule has 2 aromatic rings. The zero-order chi connectivity index (χ0) is 17.4. The molecule has 0 aliphatic rings. The zero-order valence-electron chi connectivity index (χ0n) is 13.5. The molecule has 2 aromatic carbocycles. The molecule has 0 bridgehead atoms. The summed E-state index contributed by atoms with van der Waals surface area (Å²) in [6.45, 7) is 0. The second-order valence-electron chi connectivity index (χ2n) is 5.46. The number of rotatable bonds is 7. The highest BCUT2D eigenvalue weighted by Crippen LogP contribution is 2.08. The molecule has 2 rings (SSSR count). The van der Waals surface area contributed by atoms with E-state index in [0.29, 0.717) is 6.42 Å². The predicted molar refractivity (Wildman–Crippen MR) is 88.8 cm³/mol. The van der Waals surface area contributed by atoms with Crippen molar-refractivity contribution in [1.29, 1.82) is 0 Å². The van der Waals surface area contributed by atoms with Crippen molar-refractivity contribution in [3.8, 4) is 0 Å². The van der Waals surface area contributed by atoms with Crippen LogP contribution in [0.25, 0.3) is 0 Å². The summed E-state index contributed by atoms with van der Waals surface area (Å²) in [5.74, 6) is -1.09. The first-order valence-corrected chi connectivity index (χ1v) is 7.74. The van der Waals surface area contributed by atoms with Crippen molar-refractivity contribution in [2.24, 2.45) is 0 Å². The van der Waals surface area contributed by atoms with E-state index in [0.717, 1.165) is 11.1 Å². The molecule has 0 aromatic heterocycles. The molecular formula is C19H20FNO3. The molecule has 0 saturated carbocycles. The Morgan fingerprint density at radius 1 is 1.04 bits per heavy atom. The molecule has 5 heteroatoms. The monoisotopic (exact) mass is 329 g/mol. The standard InChI is InChI=1S/C19H20FNO3/c1-24-19(23)17(13-15-7-10-16(20)11-8-15)21-18(22)12-9-14-5-3-2-4-6-14/h2-8,10-11,17H,9,12-13H2,1H3,(H,21,22)/t17-/m0/s1. The molecule has 126 valence electrons. The third-order valence-electron chi connectivity index (χ3n) is 3.66. The van der Waals surface area contributed by atoms with Crippen molar-refractivity contribution in [3.63, 3.8) is 0 Å². The van der Waals surface area contributed by atoms with E-state index in [1.165, 1.54) is 19.2 Å². The van der Waals surface area contributed by atoms with Crippen LogP contribution in [0.1, 0.15) is 17.5 Å². The molecule has 0 heterocycles. The molecule has 4 nitrogen and oxygen atoms in total. The Balaban J connectivity index is 1.93. The molecule has 0 spiro atoms. The minimum Gasteiger partial charge on any atom is -0.467 e. The smallest absolute Gasteiger partial charge is 0.328 e. The van der Waals surface area contributed by atoms with Gasteiger partial charge in [-0.15, -0.1) is 0 Å². The van der Waals surface area contributed by atoms with Gasteiger partial charge in [0.05, 0.1) is 7.11 Å². The molecule has 1 amide bonds. The minimum absolute atomic E-state index is 0.226. The van der Waals surface area contributed by atoms with E-state index in [9.17, 15) is 14.0 Å². The second-order valence-corrected chi connectivity index (χ2v) is 5.46. The van der Waals surface area contributed by atoms with Gasteiger partial charge in [-0.05, 0) is 29.7 Å². The molecule has 0 saturated heterocycles. The van der Waals surface area contributed by atoms with Crippen LogP contribution >= 0.6 is 0 Å². The summed E-state index contributed by atoms with van der Waals surface area (Å²) in [6.07, 6.45) is 1.13. The number of carbonyl (C=O) groups excluding carboxylic acids is 2. The van der Waals surface area contributed by atoms with E-state index in [-0.39, 0.29) is 24.6 Å². The molecule has 0 aliphatic carbocycles. The first-order valence-electron chi connectivity index (χ1n) is 7.74. The Kier molecular flexibility index (Phi) is 6.49. The number of ether oxygens (including phenoxy) is 1. The summed E-state index contributed by atoms with van der Waals surface area (Å²) < 4.78 is 17.7. The van der Waals surface area contributed by atoms with Gasteiger partial charge in [0.15, 0.2) is 0 Å². The van der Waals surface area contributed by atoms with Crippen molar-refractivity contribution in [2.75, 3.05) is 7.11 Å². The maximum absolute atomic E-state index is 13.0. The third kappa shape index (κ3) is 5.50. The lowest BCUT2D eigenvalue weighted by atomic mass is 10.0. The minimum atomic E-state index is -0.788. The van der Waals surface area contributed by atoms with Gasteiger partial charge in [0.1, 0.15) is 11.9 Å². The number of carbonyl (C=O) groups is 2. The highest BCUT2D eigenvalue weighted by molar-refractivity contribution is 5.84. The number of amides is 1. The van der Waals surface area contributed by atoms with Gasteiger partial charge in [-0.3, -0.25) is 4.79 Å². The molecule has 0 radical (unpaired) electrons. The normalized spacial score (nSPS) is 11.6. The Hall–Kier alpha value is -2.69. The Labute approximate surface area is 140 Å². The van der Waals surface area contributed by atoms with Crippen molar-refractivity contribution in [1.82, 2.24) is 5.32 Å². The number of hydrogen-bond acceptors (Lipinski definition) is 3. The van der Waals surface area contributed by atoms with Crippen LogP contribution < -0.4 is 5.32 Å². The fourth-order valence-electron chi connectivity index (χ4n) is 2.36. The van der Waals surface area contributed by atoms with E-state index >= 15 is 0 Å². The van der Waals surface area contributed by atoms with Crippen LogP contribution in [0.15, 0.2) is 54.6 Å². The molecule has 0 unspecified atom stereocenters. The summed E-state index contributed by atoms with van der Waals surface area (Å²) in [5.41, 5.74) is 1.80. The lowest BCUT2D eigenvalue weighted by Gasteiger charge is -2.16. The van der Waals surface area contributed by atoms with Crippen LogP contribution in [-0.4, -0.2) is 25.0 Å². The number of methoxy groups -OCH3 is 1. The number of nitrogens with one attached hydrogen (secondary N) is 1. The fourth-order valence-corrected chi connectivity index (χ4v) is 2.36. The van der Waals surface area contributed by atoms with Gasteiger partial charge in [0.2, 0.25) is 5.91 Å². The van der Waals surface area contributed by atoms with Gasteiger partial charge < -0.3 is 10.1 Å². The van der Waals surface area contributed by atoms with E-state index in [2.05, 4.69) is 5.32 Å². The molecule has 1 N–H and O–H groups in total. The number of halogens is 1. The summed E-state index contributed by atoms with van der Waals surface area (Å²) in [4.78, 5) is 24.0. The summed E-state index contributed by atoms with van der Waals surface area (Å²) in [5, 5.41) is 2.69. The van der Waals surface area contributed by atoms with Gasteiger partial charge in [-0.1, -0.05) is 42.5 Å². The van der Waals surface area contributed by atoms with Crippen LogP contribution in [0.2, 0.25) is 0 Å². The van der Waals surface area contributed by atoms with Crippen LogP contribution in [0.4, 0.5) is 4.39 Å². The molecule has 1 atom stereocenters. The van der Waals surface area contributed by atoms with Crippen LogP contribution in [0, 0.1) is 5.82 Å². The number of benzene rings is 2. The fraction of sp³-hybridized carbons (Fsp3) is 0.263. The van der Waals surface area contributed by atoms with Crippen molar-refractivity contribution in [3.05, 3.63) is 71.5 Å². The summed E-state index contributed by atoms with van der Waals surface area (Å²) >= 11 is 0. The SMILES string of the molecule is COC(=O)[C@H](Cc1ccc(F)cc1)NC(=O)CCc1ccccc1. The van der Waals surface area contributed by atoms with Crippen molar-refractivity contribution in [2.45, 2.75) is 25.3 Å². The largest absolute Gasteiger partial charge is 0.467 e. The number of hydrogen-bond donors (Lipinski definition) is 1. The van der Waals surface area contributed by atoms with Crippen molar-refractivity contribution >= 4 is 11.9 Å². The van der Waals surface area contributed by atoms with E-state index in [4.69, 9.17) is 4.74 Å². The lowest BCUT2D eigenvalue weighted by Crippen LogP contribution is -2.43. The summed E-state index contributed by atoms with van der Waals surface area (Å²) in [7, 11) is 1.27. The molecule has 0 aliphatic heterocycles. The predicted octanol–water partition coefficient (Wildman–Crippen LogP) is 2.66. The maximum atomic E-state index is 13.0. The molecule has 24 heavy (non-hydrogen) atoms. The quantitative estimate of drug-likeness (QED) is 0.795. The second kappa shape index (κ2) is 8.82. The number of esters is 1. The lowest BCUT2D eigenvalue weighted by molar-refractivity contribution is -0.145. The highest BCUT2D eigenvalue weighted by atomic mass is 19.1. The van der Waals surface area contributed by atoms with Crippen LogP contribution in [0.5, 0.6) is 0 Å². The number of aryl methyl sites for hydroxylation is 1. The van der Waals surface area contributed by atoms with Crippen LogP contribution in [0.3, 0.4) is 0 Å². The average Bonchev–Trinajstić information content (AvgIpc) is 2.61. The van der Waals surface area contributed by atoms with E-state index in [1.54, 1.807) is 12.1 Å².